The van der Waals surface area contributed by atoms with E-state index in [0.29, 0.717) is 23.5 Å². The molecule has 154 valence electrons. The number of hydrogen-bond donors (Lipinski definition) is 0. The lowest BCUT2D eigenvalue weighted by Gasteiger charge is -2.18. The quantitative estimate of drug-likeness (QED) is 0.396. The van der Waals surface area contributed by atoms with Crippen LogP contribution >= 0.6 is 0 Å². The topological polar surface area (TPSA) is 0 Å². The highest BCUT2D eigenvalue weighted by Gasteiger charge is 2.15. The number of benzene rings is 2. The summed E-state index contributed by atoms with van der Waals surface area (Å²) in [5.74, 6) is -0.859. The molecule has 3 rings (SSSR count). The van der Waals surface area contributed by atoms with Gasteiger partial charge in [0.25, 0.3) is 0 Å². The lowest BCUT2D eigenvalue weighted by Crippen LogP contribution is -2.03. The second-order valence-electron chi connectivity index (χ2n) is 8.06. The van der Waals surface area contributed by atoms with Gasteiger partial charge in [-0.25, -0.2) is 8.78 Å². The Morgan fingerprint density at radius 3 is 2.41 bits per heavy atom. The van der Waals surface area contributed by atoms with E-state index >= 15 is 0 Å². The zero-order chi connectivity index (χ0) is 20.6. The van der Waals surface area contributed by atoms with E-state index in [-0.39, 0.29) is 0 Å². The first-order valence-electron chi connectivity index (χ1n) is 11.0. The van der Waals surface area contributed by atoms with Crippen LogP contribution in [0, 0.1) is 17.6 Å². The summed E-state index contributed by atoms with van der Waals surface area (Å²) >= 11 is 0. The fourth-order valence-electron chi connectivity index (χ4n) is 4.08. The van der Waals surface area contributed by atoms with Crippen LogP contribution in [0.5, 0.6) is 0 Å². The van der Waals surface area contributed by atoms with Gasteiger partial charge in [0.05, 0.1) is 0 Å². The highest BCUT2D eigenvalue weighted by molar-refractivity contribution is 5.65. The molecule has 0 aromatic heterocycles. The van der Waals surface area contributed by atoms with Crippen LogP contribution in [0.15, 0.2) is 60.2 Å². The summed E-state index contributed by atoms with van der Waals surface area (Å²) in [7, 11) is 0. The smallest absolute Gasteiger partial charge is 0.166 e. The molecule has 0 nitrogen and oxygen atoms in total. The van der Waals surface area contributed by atoms with E-state index in [1.54, 1.807) is 17.7 Å². The van der Waals surface area contributed by atoms with Gasteiger partial charge in [0.15, 0.2) is 11.6 Å². The van der Waals surface area contributed by atoms with E-state index in [0.717, 1.165) is 24.8 Å². The maximum atomic E-state index is 14.6. The predicted molar refractivity (Wildman–Crippen MR) is 119 cm³/mol. The van der Waals surface area contributed by atoms with Gasteiger partial charge in [-0.15, -0.1) is 0 Å². The zero-order valence-electron chi connectivity index (χ0n) is 17.7. The molecule has 0 aliphatic heterocycles. The number of aryl methyl sites for hydroxylation is 2. The van der Waals surface area contributed by atoms with Crippen LogP contribution in [0.4, 0.5) is 8.78 Å². The molecule has 2 heteroatoms. The van der Waals surface area contributed by atoms with Crippen molar-refractivity contribution in [3.63, 3.8) is 0 Å². The van der Waals surface area contributed by atoms with Gasteiger partial charge in [-0.1, -0.05) is 80.5 Å². The minimum absolute atomic E-state index is 0.335. The average molecular weight is 395 g/mol. The first-order chi connectivity index (χ1) is 14.1. The third-order valence-corrected chi connectivity index (χ3v) is 5.94. The fraction of sp³-hybridized carbons (Fsp3) is 0.407. The first-order valence-corrected chi connectivity index (χ1v) is 11.0. The average Bonchev–Trinajstić information content (AvgIpc) is 2.75. The minimum Gasteiger partial charge on any atom is -0.203 e. The van der Waals surface area contributed by atoms with Gasteiger partial charge < -0.3 is 0 Å². The Morgan fingerprint density at radius 2 is 1.76 bits per heavy atom. The fourth-order valence-corrected chi connectivity index (χ4v) is 4.08. The van der Waals surface area contributed by atoms with Crippen LogP contribution in [-0.2, 0) is 12.8 Å². The molecular weight excluding hydrogens is 362 g/mol. The molecule has 2 aromatic rings. The standard InChI is InChI=1S/C27H32F2/c1-3-7-21-10-12-22(13-11-21)8-5-6-9-24-18-19-25(27(29)26(24)28)23-16-14-20(4-2)15-17-23/h5,8,10,14-19,22H,3-4,6-7,9,11-13H2,1-2H3. The molecule has 0 radical (unpaired) electrons. The third-order valence-electron chi connectivity index (χ3n) is 5.94. The van der Waals surface area contributed by atoms with Gasteiger partial charge in [-0.05, 0) is 67.6 Å². The Morgan fingerprint density at radius 1 is 0.966 bits per heavy atom. The van der Waals surface area contributed by atoms with Gasteiger partial charge >= 0.3 is 0 Å². The minimum atomic E-state index is -0.739. The zero-order valence-corrected chi connectivity index (χ0v) is 17.7. The monoisotopic (exact) mass is 394 g/mol. The predicted octanol–water partition coefficient (Wildman–Crippen LogP) is 8.21. The largest absolute Gasteiger partial charge is 0.203 e. The molecule has 0 saturated heterocycles. The molecule has 0 saturated carbocycles. The molecular formula is C27H32F2. The summed E-state index contributed by atoms with van der Waals surface area (Å²) in [6.07, 6.45) is 14.9. The van der Waals surface area contributed by atoms with Gasteiger partial charge in [0.2, 0.25) is 0 Å². The summed E-state index contributed by atoms with van der Waals surface area (Å²) in [4.78, 5) is 0. The Balaban J connectivity index is 1.58. The van der Waals surface area contributed by atoms with Crippen LogP contribution < -0.4 is 0 Å². The second-order valence-corrected chi connectivity index (χ2v) is 8.06. The Kier molecular flexibility index (Phi) is 7.80. The van der Waals surface area contributed by atoms with Crippen molar-refractivity contribution in [1.82, 2.24) is 0 Å². The SMILES string of the molecule is CCCC1=CCC(C=CCCc2ccc(-c3ccc(CC)cc3)c(F)c2F)CC1. The number of allylic oxidation sites excluding steroid dienone is 4. The van der Waals surface area contributed by atoms with Crippen molar-refractivity contribution < 1.29 is 8.78 Å². The van der Waals surface area contributed by atoms with Gasteiger partial charge in [-0.3, -0.25) is 0 Å². The van der Waals surface area contributed by atoms with Crippen molar-refractivity contribution in [2.45, 2.75) is 65.2 Å². The van der Waals surface area contributed by atoms with E-state index in [4.69, 9.17) is 0 Å². The molecule has 0 spiro atoms. The Bertz CT molecular complexity index is 859. The van der Waals surface area contributed by atoms with E-state index in [9.17, 15) is 8.78 Å². The molecule has 1 unspecified atom stereocenters. The molecule has 1 atom stereocenters. The molecule has 29 heavy (non-hydrogen) atoms. The van der Waals surface area contributed by atoms with Crippen molar-refractivity contribution in [3.05, 3.63) is 83.0 Å². The molecule has 1 aliphatic rings. The number of rotatable bonds is 8. The molecule has 0 heterocycles. The lowest BCUT2D eigenvalue weighted by atomic mass is 9.87. The van der Waals surface area contributed by atoms with Crippen LogP contribution in [0.2, 0.25) is 0 Å². The van der Waals surface area contributed by atoms with Crippen molar-refractivity contribution in [2.24, 2.45) is 5.92 Å². The maximum absolute atomic E-state index is 14.6. The summed E-state index contributed by atoms with van der Waals surface area (Å²) in [5.41, 5.74) is 4.29. The van der Waals surface area contributed by atoms with Crippen LogP contribution in [0.25, 0.3) is 11.1 Å². The number of halogens is 2. The summed E-state index contributed by atoms with van der Waals surface area (Å²) in [6, 6.07) is 11.1. The third kappa shape index (κ3) is 5.65. The van der Waals surface area contributed by atoms with Crippen molar-refractivity contribution >= 4 is 0 Å². The normalized spacial score (nSPS) is 17.0. The Labute approximate surface area is 174 Å². The second kappa shape index (κ2) is 10.5. The highest BCUT2D eigenvalue weighted by atomic mass is 19.2. The molecule has 0 fully saturated rings. The summed E-state index contributed by atoms with van der Waals surface area (Å²) in [5, 5.41) is 0. The molecule has 0 amide bonds. The van der Waals surface area contributed by atoms with E-state index in [1.807, 2.05) is 24.3 Å². The van der Waals surface area contributed by atoms with Crippen LogP contribution in [0.1, 0.15) is 63.5 Å². The van der Waals surface area contributed by atoms with E-state index < -0.39 is 11.6 Å². The van der Waals surface area contributed by atoms with Gasteiger partial charge in [0.1, 0.15) is 0 Å². The van der Waals surface area contributed by atoms with Gasteiger partial charge in [0, 0.05) is 5.56 Å². The molecule has 0 N–H and O–H groups in total. The van der Waals surface area contributed by atoms with E-state index in [1.165, 1.54) is 31.2 Å². The number of hydrogen-bond acceptors (Lipinski definition) is 0. The highest BCUT2D eigenvalue weighted by Crippen LogP contribution is 2.29. The van der Waals surface area contributed by atoms with Crippen molar-refractivity contribution in [2.75, 3.05) is 0 Å². The van der Waals surface area contributed by atoms with E-state index in [2.05, 4.69) is 32.1 Å². The van der Waals surface area contributed by atoms with Crippen LogP contribution in [0.3, 0.4) is 0 Å². The lowest BCUT2D eigenvalue weighted by molar-refractivity contribution is 0.501. The molecule has 2 aromatic carbocycles. The maximum Gasteiger partial charge on any atom is 0.166 e. The summed E-state index contributed by atoms with van der Waals surface area (Å²) in [6.45, 7) is 4.30. The van der Waals surface area contributed by atoms with Crippen molar-refractivity contribution in [3.8, 4) is 11.1 Å². The molecule has 1 aliphatic carbocycles. The van der Waals surface area contributed by atoms with Gasteiger partial charge in [-0.2, -0.15) is 0 Å². The van der Waals surface area contributed by atoms with Crippen LogP contribution in [-0.4, -0.2) is 0 Å². The first kappa shape index (κ1) is 21.5. The Hall–Kier alpha value is -2.22. The molecule has 0 bridgehead atoms. The summed E-state index contributed by atoms with van der Waals surface area (Å²) < 4.78 is 29.2. The van der Waals surface area contributed by atoms with Crippen molar-refractivity contribution in [1.29, 1.82) is 0 Å².